The van der Waals surface area contributed by atoms with Crippen molar-refractivity contribution in [3.05, 3.63) is 48.3 Å². The molecule has 1 amide bonds. The van der Waals surface area contributed by atoms with Gasteiger partial charge in [-0.25, -0.2) is 4.79 Å². The van der Waals surface area contributed by atoms with E-state index in [9.17, 15) is 14.7 Å². The number of ether oxygens (including phenoxy) is 1. The van der Waals surface area contributed by atoms with E-state index in [1.807, 2.05) is 19.1 Å². The number of amides is 1. The Morgan fingerprint density at radius 2 is 1.92 bits per heavy atom. The SMILES string of the molecule is Cc1ccc(OC2(C(=O)O)CCN(C(=O)Cn3cccn3)CC2)cc1. The summed E-state index contributed by atoms with van der Waals surface area (Å²) in [5.41, 5.74) is -0.215. The van der Waals surface area contributed by atoms with Crippen molar-refractivity contribution < 1.29 is 19.4 Å². The molecule has 1 fully saturated rings. The van der Waals surface area contributed by atoms with Gasteiger partial charge in [-0.05, 0) is 25.1 Å². The van der Waals surface area contributed by atoms with Crippen LogP contribution in [0.3, 0.4) is 0 Å². The Bertz CT molecular complexity index is 732. The third kappa shape index (κ3) is 3.81. The van der Waals surface area contributed by atoms with Crippen LogP contribution in [0.25, 0.3) is 0 Å². The largest absolute Gasteiger partial charge is 0.478 e. The second kappa shape index (κ2) is 6.96. The van der Waals surface area contributed by atoms with E-state index < -0.39 is 11.6 Å². The van der Waals surface area contributed by atoms with E-state index in [0.29, 0.717) is 18.8 Å². The molecule has 0 radical (unpaired) electrons. The van der Waals surface area contributed by atoms with Gasteiger partial charge in [0, 0.05) is 38.3 Å². The van der Waals surface area contributed by atoms with Gasteiger partial charge < -0.3 is 14.7 Å². The van der Waals surface area contributed by atoms with Crippen molar-refractivity contribution in [3.8, 4) is 5.75 Å². The first-order chi connectivity index (χ1) is 12.0. The smallest absolute Gasteiger partial charge is 0.348 e. The molecule has 1 saturated heterocycles. The van der Waals surface area contributed by atoms with Crippen LogP contribution in [0.15, 0.2) is 42.7 Å². The molecule has 0 aliphatic carbocycles. The summed E-state index contributed by atoms with van der Waals surface area (Å²) < 4.78 is 7.40. The van der Waals surface area contributed by atoms with Gasteiger partial charge in [0.2, 0.25) is 11.5 Å². The molecule has 132 valence electrons. The quantitative estimate of drug-likeness (QED) is 0.893. The number of rotatable bonds is 5. The number of carbonyl (C=O) groups excluding carboxylic acids is 1. The molecule has 0 bridgehead atoms. The van der Waals surface area contributed by atoms with Crippen LogP contribution in [0, 0.1) is 6.92 Å². The average molecular weight is 343 g/mol. The summed E-state index contributed by atoms with van der Waals surface area (Å²) in [6.45, 7) is 2.81. The molecule has 1 aromatic carbocycles. The third-order valence-electron chi connectivity index (χ3n) is 4.50. The molecule has 2 heterocycles. The highest BCUT2D eigenvalue weighted by molar-refractivity contribution is 5.80. The molecule has 25 heavy (non-hydrogen) atoms. The molecule has 0 atom stereocenters. The average Bonchev–Trinajstić information content (AvgIpc) is 3.10. The van der Waals surface area contributed by atoms with E-state index in [0.717, 1.165) is 5.56 Å². The zero-order valence-corrected chi connectivity index (χ0v) is 14.1. The summed E-state index contributed by atoms with van der Waals surface area (Å²) in [6.07, 6.45) is 3.85. The standard InChI is InChI=1S/C18H21N3O4/c1-14-3-5-15(6-4-14)25-18(17(23)24)7-11-20(12-8-18)16(22)13-21-10-2-9-19-21/h2-6,9-10H,7-8,11-13H2,1H3,(H,23,24). The molecule has 0 saturated carbocycles. The first-order valence-corrected chi connectivity index (χ1v) is 8.23. The number of carboxylic acids is 1. The molecule has 3 rings (SSSR count). The van der Waals surface area contributed by atoms with Crippen molar-refractivity contribution in [1.82, 2.24) is 14.7 Å². The first-order valence-electron chi connectivity index (χ1n) is 8.23. The predicted molar refractivity (Wildman–Crippen MR) is 90.2 cm³/mol. The monoisotopic (exact) mass is 343 g/mol. The highest BCUT2D eigenvalue weighted by Gasteiger charge is 2.44. The van der Waals surface area contributed by atoms with E-state index in [2.05, 4.69) is 5.10 Å². The molecule has 7 heteroatoms. The topological polar surface area (TPSA) is 84.7 Å². The number of likely N-dealkylation sites (tertiary alicyclic amines) is 1. The van der Waals surface area contributed by atoms with Gasteiger partial charge in [0.05, 0.1) is 0 Å². The molecule has 0 spiro atoms. The van der Waals surface area contributed by atoms with Crippen LogP contribution in [-0.4, -0.2) is 50.4 Å². The fourth-order valence-corrected chi connectivity index (χ4v) is 2.94. The first kappa shape index (κ1) is 17.0. The molecule has 2 aromatic rings. The Balaban J connectivity index is 1.65. The van der Waals surface area contributed by atoms with E-state index >= 15 is 0 Å². The number of hydrogen-bond acceptors (Lipinski definition) is 4. The number of aryl methyl sites for hydroxylation is 1. The minimum Gasteiger partial charge on any atom is -0.478 e. The number of benzene rings is 1. The zero-order chi connectivity index (χ0) is 17.9. The van der Waals surface area contributed by atoms with Crippen molar-refractivity contribution in [2.24, 2.45) is 0 Å². The van der Waals surface area contributed by atoms with Gasteiger partial charge in [-0.1, -0.05) is 17.7 Å². The molecule has 1 N–H and O–H groups in total. The summed E-state index contributed by atoms with van der Waals surface area (Å²) in [4.78, 5) is 25.8. The Morgan fingerprint density at radius 1 is 1.24 bits per heavy atom. The van der Waals surface area contributed by atoms with E-state index in [1.54, 1.807) is 40.2 Å². The van der Waals surface area contributed by atoms with Gasteiger partial charge in [-0.15, -0.1) is 0 Å². The van der Waals surface area contributed by atoms with Crippen LogP contribution in [0.5, 0.6) is 5.75 Å². The van der Waals surface area contributed by atoms with Gasteiger partial charge in [0.1, 0.15) is 12.3 Å². The van der Waals surface area contributed by atoms with Crippen molar-refractivity contribution in [2.75, 3.05) is 13.1 Å². The minimum absolute atomic E-state index is 0.0713. The normalized spacial score (nSPS) is 16.4. The van der Waals surface area contributed by atoms with Gasteiger partial charge in [-0.3, -0.25) is 9.48 Å². The van der Waals surface area contributed by atoms with E-state index in [4.69, 9.17) is 4.74 Å². The number of hydrogen-bond donors (Lipinski definition) is 1. The molecule has 7 nitrogen and oxygen atoms in total. The van der Waals surface area contributed by atoms with Crippen LogP contribution in [0.4, 0.5) is 0 Å². The summed E-state index contributed by atoms with van der Waals surface area (Å²) >= 11 is 0. The Morgan fingerprint density at radius 3 is 2.48 bits per heavy atom. The maximum atomic E-state index is 12.3. The summed E-state index contributed by atoms with van der Waals surface area (Å²) in [5, 5.41) is 13.7. The molecule has 1 aromatic heterocycles. The summed E-state index contributed by atoms with van der Waals surface area (Å²) in [6, 6.07) is 9.07. The second-order valence-electron chi connectivity index (χ2n) is 6.30. The van der Waals surface area contributed by atoms with Gasteiger partial charge in [-0.2, -0.15) is 5.10 Å². The Labute approximate surface area is 145 Å². The van der Waals surface area contributed by atoms with Crippen molar-refractivity contribution >= 4 is 11.9 Å². The lowest BCUT2D eigenvalue weighted by molar-refractivity contribution is -0.162. The number of carboxylic acid groups (broad SMARTS) is 1. The van der Waals surface area contributed by atoms with Gasteiger partial charge in [0.15, 0.2) is 0 Å². The van der Waals surface area contributed by atoms with Crippen molar-refractivity contribution in [1.29, 1.82) is 0 Å². The number of piperidine rings is 1. The lowest BCUT2D eigenvalue weighted by Gasteiger charge is -2.38. The molecule has 1 aliphatic rings. The summed E-state index contributed by atoms with van der Waals surface area (Å²) in [7, 11) is 0. The minimum atomic E-state index is -1.29. The molecule has 1 aliphatic heterocycles. The maximum Gasteiger partial charge on any atom is 0.348 e. The Kier molecular flexibility index (Phi) is 4.74. The Hall–Kier alpha value is -2.83. The van der Waals surface area contributed by atoms with Crippen LogP contribution in [0.1, 0.15) is 18.4 Å². The highest BCUT2D eigenvalue weighted by atomic mass is 16.5. The van der Waals surface area contributed by atoms with Crippen LogP contribution >= 0.6 is 0 Å². The molecular formula is C18H21N3O4. The van der Waals surface area contributed by atoms with Gasteiger partial charge in [0.25, 0.3) is 0 Å². The molecule has 0 unspecified atom stereocenters. The maximum absolute atomic E-state index is 12.3. The van der Waals surface area contributed by atoms with Crippen molar-refractivity contribution in [3.63, 3.8) is 0 Å². The van der Waals surface area contributed by atoms with E-state index in [1.165, 1.54) is 0 Å². The number of aromatic nitrogens is 2. The number of carbonyl (C=O) groups is 2. The van der Waals surface area contributed by atoms with Crippen LogP contribution < -0.4 is 4.74 Å². The second-order valence-corrected chi connectivity index (χ2v) is 6.30. The van der Waals surface area contributed by atoms with Crippen LogP contribution in [0.2, 0.25) is 0 Å². The lowest BCUT2D eigenvalue weighted by atomic mass is 9.91. The molecular weight excluding hydrogens is 322 g/mol. The van der Waals surface area contributed by atoms with Crippen LogP contribution in [-0.2, 0) is 16.1 Å². The summed E-state index contributed by atoms with van der Waals surface area (Å²) in [5.74, 6) is -0.533. The van der Waals surface area contributed by atoms with Gasteiger partial charge >= 0.3 is 5.97 Å². The lowest BCUT2D eigenvalue weighted by Crippen LogP contribution is -2.54. The fraction of sp³-hybridized carbons (Fsp3) is 0.389. The predicted octanol–water partition coefficient (Wildman–Crippen LogP) is 1.72. The number of nitrogens with zero attached hydrogens (tertiary/aromatic N) is 3. The van der Waals surface area contributed by atoms with E-state index in [-0.39, 0.29) is 25.3 Å². The number of aliphatic carboxylic acids is 1. The van der Waals surface area contributed by atoms with Crippen molar-refractivity contribution in [2.45, 2.75) is 31.9 Å². The third-order valence-corrected chi connectivity index (χ3v) is 4.50. The highest BCUT2D eigenvalue weighted by Crippen LogP contribution is 2.29. The zero-order valence-electron chi connectivity index (χ0n) is 14.1. The fourth-order valence-electron chi connectivity index (χ4n) is 2.94.